The van der Waals surface area contributed by atoms with E-state index in [0.717, 1.165) is 37.2 Å². The summed E-state index contributed by atoms with van der Waals surface area (Å²) in [5.41, 5.74) is 9.33. The van der Waals surface area contributed by atoms with Gasteiger partial charge in [0.2, 0.25) is 0 Å². The third-order valence-electron chi connectivity index (χ3n) is 4.28. The molecular formula is C20H25N5O2. The lowest BCUT2D eigenvalue weighted by atomic mass is 9.98. The zero-order chi connectivity index (χ0) is 19.6. The summed E-state index contributed by atoms with van der Waals surface area (Å²) in [6.45, 7) is 4.47. The van der Waals surface area contributed by atoms with Crippen LogP contribution in [0.3, 0.4) is 0 Å². The predicted molar refractivity (Wildman–Crippen MR) is 106 cm³/mol. The van der Waals surface area contributed by atoms with Crippen LogP contribution in [0.2, 0.25) is 0 Å². The van der Waals surface area contributed by atoms with Crippen LogP contribution in [-0.2, 0) is 11.2 Å². The number of rotatable bonds is 10. The minimum atomic E-state index is -0.818. The first-order valence-electron chi connectivity index (χ1n) is 8.90. The number of nitrogens with zero attached hydrogens (tertiary/aromatic N) is 2. The minimum Gasteiger partial charge on any atom is -0.481 e. The molecule has 0 aliphatic rings. The summed E-state index contributed by atoms with van der Waals surface area (Å²) in [5.74, 6) is -0.527. The number of hydrogen-bond acceptors (Lipinski definition) is 6. The molecule has 0 radical (unpaired) electrons. The fourth-order valence-corrected chi connectivity index (χ4v) is 2.76. The third-order valence-corrected chi connectivity index (χ3v) is 4.28. The number of anilines is 2. The Kier molecular flexibility index (Phi) is 7.59. The molecule has 0 spiro atoms. The lowest BCUT2D eigenvalue weighted by molar-refractivity contribution is -0.136. The molecule has 5 N–H and O–H groups in total. The maximum Gasteiger partial charge on any atom is 0.307 e. The van der Waals surface area contributed by atoms with E-state index in [1.165, 1.54) is 6.20 Å². The Bertz CT molecular complexity index is 816. The van der Waals surface area contributed by atoms with Crippen molar-refractivity contribution >= 4 is 17.3 Å². The maximum absolute atomic E-state index is 10.8. The molecule has 0 fully saturated rings. The van der Waals surface area contributed by atoms with Gasteiger partial charge in [-0.3, -0.25) is 9.78 Å². The molecule has 1 unspecified atom stereocenters. The number of nitrogen functional groups attached to an aromatic ring is 1. The molecule has 0 amide bonds. The summed E-state index contributed by atoms with van der Waals surface area (Å²) in [7, 11) is 0. The Morgan fingerprint density at radius 1 is 1.37 bits per heavy atom. The Morgan fingerprint density at radius 2 is 2.19 bits per heavy atom. The molecule has 0 saturated carbocycles. The fourth-order valence-electron chi connectivity index (χ4n) is 2.76. The van der Waals surface area contributed by atoms with Gasteiger partial charge in [0, 0.05) is 19.3 Å². The van der Waals surface area contributed by atoms with Crippen molar-refractivity contribution in [1.29, 1.82) is 5.26 Å². The Labute approximate surface area is 159 Å². The monoisotopic (exact) mass is 367 g/mol. The average molecular weight is 367 g/mol. The second-order valence-corrected chi connectivity index (χ2v) is 6.46. The second kappa shape index (κ2) is 10.1. The van der Waals surface area contributed by atoms with E-state index < -0.39 is 5.97 Å². The van der Waals surface area contributed by atoms with Crippen LogP contribution in [0.4, 0.5) is 11.4 Å². The first-order valence-corrected chi connectivity index (χ1v) is 8.90. The highest BCUT2D eigenvalue weighted by molar-refractivity contribution is 5.71. The van der Waals surface area contributed by atoms with E-state index in [-0.39, 0.29) is 6.42 Å². The van der Waals surface area contributed by atoms with Gasteiger partial charge in [-0.25, -0.2) is 0 Å². The molecule has 27 heavy (non-hydrogen) atoms. The summed E-state index contributed by atoms with van der Waals surface area (Å²) in [4.78, 5) is 14.8. The lowest BCUT2D eigenvalue weighted by Crippen LogP contribution is -2.23. The molecule has 2 aromatic rings. The molecule has 7 heteroatoms. The van der Waals surface area contributed by atoms with E-state index in [9.17, 15) is 4.79 Å². The first-order chi connectivity index (χ1) is 13.0. The number of benzene rings is 1. The van der Waals surface area contributed by atoms with E-state index in [1.807, 2.05) is 30.3 Å². The minimum absolute atomic E-state index is 0.0463. The number of carbonyl (C=O) groups is 1. The highest BCUT2D eigenvalue weighted by Crippen LogP contribution is 2.20. The molecule has 142 valence electrons. The number of nitrogens with one attached hydrogen (secondary N) is 2. The number of aromatic nitrogens is 1. The van der Waals surface area contributed by atoms with E-state index in [1.54, 1.807) is 6.20 Å². The standard InChI is InChI=1S/C20H25N5O2/c1-14(16-5-2-4-15(8-16)9-19(26)27)11-23-6-3-7-25-18-13-24-12-17(10-21)20(18)22/h2,4-5,8,12-14,23,25H,3,6-7,9,11H2,1H3,(H2,22,24)(H,26,27). The van der Waals surface area contributed by atoms with Crippen LogP contribution >= 0.6 is 0 Å². The Morgan fingerprint density at radius 3 is 2.93 bits per heavy atom. The summed E-state index contributed by atoms with van der Waals surface area (Å²) < 4.78 is 0. The molecule has 1 heterocycles. The van der Waals surface area contributed by atoms with Crippen molar-refractivity contribution in [2.75, 3.05) is 30.7 Å². The molecule has 1 aromatic carbocycles. The molecule has 0 saturated heterocycles. The molecule has 2 rings (SSSR count). The number of hydrogen-bond donors (Lipinski definition) is 4. The molecule has 0 aliphatic carbocycles. The maximum atomic E-state index is 10.8. The van der Waals surface area contributed by atoms with Crippen LogP contribution < -0.4 is 16.4 Å². The van der Waals surface area contributed by atoms with E-state index >= 15 is 0 Å². The summed E-state index contributed by atoms with van der Waals surface area (Å²) in [5, 5.41) is 24.5. The molecule has 0 bridgehead atoms. The zero-order valence-electron chi connectivity index (χ0n) is 15.4. The molecular weight excluding hydrogens is 342 g/mol. The van der Waals surface area contributed by atoms with Crippen molar-refractivity contribution in [2.24, 2.45) is 0 Å². The van der Waals surface area contributed by atoms with Gasteiger partial charge >= 0.3 is 5.97 Å². The van der Waals surface area contributed by atoms with Crippen molar-refractivity contribution in [2.45, 2.75) is 25.7 Å². The van der Waals surface area contributed by atoms with Crippen molar-refractivity contribution in [1.82, 2.24) is 10.3 Å². The number of carboxylic acids is 1. The van der Waals surface area contributed by atoms with Gasteiger partial charge in [0.25, 0.3) is 0 Å². The lowest BCUT2D eigenvalue weighted by Gasteiger charge is -2.14. The van der Waals surface area contributed by atoms with Crippen LogP contribution in [0.15, 0.2) is 36.7 Å². The highest BCUT2D eigenvalue weighted by atomic mass is 16.4. The van der Waals surface area contributed by atoms with Crippen LogP contribution in [0, 0.1) is 11.3 Å². The average Bonchev–Trinajstić information content (AvgIpc) is 2.65. The molecule has 1 atom stereocenters. The second-order valence-electron chi connectivity index (χ2n) is 6.46. The molecule has 7 nitrogen and oxygen atoms in total. The van der Waals surface area contributed by atoms with Crippen molar-refractivity contribution in [3.8, 4) is 6.07 Å². The Hall–Kier alpha value is -3.11. The van der Waals surface area contributed by atoms with E-state index in [2.05, 4.69) is 22.5 Å². The van der Waals surface area contributed by atoms with Gasteiger partial charge in [-0.05, 0) is 30.0 Å². The largest absolute Gasteiger partial charge is 0.481 e. The van der Waals surface area contributed by atoms with Gasteiger partial charge in [0.15, 0.2) is 0 Å². The summed E-state index contributed by atoms with van der Waals surface area (Å²) in [6.07, 6.45) is 4.01. The van der Waals surface area contributed by atoms with Crippen molar-refractivity contribution in [3.05, 3.63) is 53.3 Å². The van der Waals surface area contributed by atoms with Gasteiger partial charge in [0.1, 0.15) is 6.07 Å². The molecule has 0 aliphatic heterocycles. The number of aliphatic carboxylic acids is 1. The fraction of sp³-hybridized carbons (Fsp3) is 0.350. The quantitative estimate of drug-likeness (QED) is 0.475. The molecule has 1 aromatic heterocycles. The van der Waals surface area contributed by atoms with Gasteiger partial charge in [-0.2, -0.15) is 5.26 Å². The van der Waals surface area contributed by atoms with Crippen LogP contribution in [0.1, 0.15) is 36.0 Å². The van der Waals surface area contributed by atoms with Crippen molar-refractivity contribution in [3.63, 3.8) is 0 Å². The van der Waals surface area contributed by atoms with E-state index in [0.29, 0.717) is 22.9 Å². The predicted octanol–water partition coefficient (Wildman–Crippen LogP) is 2.36. The van der Waals surface area contributed by atoms with Crippen LogP contribution in [0.25, 0.3) is 0 Å². The highest BCUT2D eigenvalue weighted by Gasteiger charge is 2.08. The van der Waals surface area contributed by atoms with Gasteiger partial charge in [-0.15, -0.1) is 0 Å². The number of nitrogens with two attached hydrogens (primary N) is 1. The SMILES string of the molecule is CC(CNCCCNc1cncc(C#N)c1N)c1cccc(CC(=O)O)c1. The first kappa shape index (κ1) is 20.2. The topological polar surface area (TPSA) is 124 Å². The zero-order valence-corrected chi connectivity index (χ0v) is 15.4. The smallest absolute Gasteiger partial charge is 0.307 e. The summed E-state index contributed by atoms with van der Waals surface area (Å²) in [6, 6.07) is 9.74. The van der Waals surface area contributed by atoms with Gasteiger partial charge in [0.05, 0.1) is 29.6 Å². The van der Waals surface area contributed by atoms with E-state index in [4.69, 9.17) is 16.1 Å². The summed E-state index contributed by atoms with van der Waals surface area (Å²) >= 11 is 0. The van der Waals surface area contributed by atoms with Crippen LogP contribution in [-0.4, -0.2) is 35.7 Å². The van der Waals surface area contributed by atoms with Crippen molar-refractivity contribution < 1.29 is 9.90 Å². The van der Waals surface area contributed by atoms with Gasteiger partial charge < -0.3 is 21.5 Å². The number of nitriles is 1. The normalized spacial score (nSPS) is 11.6. The third kappa shape index (κ3) is 6.28. The Balaban J connectivity index is 1.71. The number of pyridine rings is 1. The van der Waals surface area contributed by atoms with Gasteiger partial charge in [-0.1, -0.05) is 31.2 Å². The van der Waals surface area contributed by atoms with Crippen LogP contribution in [0.5, 0.6) is 0 Å². The number of carboxylic acid groups (broad SMARTS) is 1.